The second-order valence-electron chi connectivity index (χ2n) is 7.69. The first-order valence-corrected chi connectivity index (χ1v) is 11.5. The van der Waals surface area contributed by atoms with E-state index in [0.717, 1.165) is 11.1 Å². The van der Waals surface area contributed by atoms with Crippen LogP contribution in [0.3, 0.4) is 0 Å². The standard InChI is InChI=1S/C24H26N2O5S/c1-15-10-11-19(13-16(15)2)32(29,30)23-17(3)12-18(4)26(24(23)28)14-22(27)25-20-8-6-7-9-21(20)31-5/h6-13H,14H2,1-5H3,(H,25,27). The number of anilines is 1. The third-order valence-electron chi connectivity index (χ3n) is 5.39. The van der Waals surface area contributed by atoms with Gasteiger partial charge in [0.05, 0.1) is 17.7 Å². The summed E-state index contributed by atoms with van der Waals surface area (Å²) in [6.07, 6.45) is 0. The SMILES string of the molecule is COc1ccccc1NC(=O)Cn1c(C)cc(C)c(S(=O)(=O)c2ccc(C)c(C)c2)c1=O. The molecule has 0 saturated carbocycles. The summed E-state index contributed by atoms with van der Waals surface area (Å²) in [6.45, 7) is 6.62. The Bertz CT molecular complexity index is 1360. The zero-order valence-corrected chi connectivity index (χ0v) is 19.5. The van der Waals surface area contributed by atoms with E-state index in [1.165, 1.54) is 17.7 Å². The van der Waals surface area contributed by atoms with Gasteiger partial charge in [-0.25, -0.2) is 8.42 Å². The maximum absolute atomic E-state index is 13.3. The quantitative estimate of drug-likeness (QED) is 0.615. The highest BCUT2D eigenvalue weighted by Crippen LogP contribution is 2.25. The number of hydrogen-bond acceptors (Lipinski definition) is 5. The van der Waals surface area contributed by atoms with Gasteiger partial charge in [-0.3, -0.25) is 9.59 Å². The Morgan fingerprint density at radius 1 is 0.969 bits per heavy atom. The summed E-state index contributed by atoms with van der Waals surface area (Å²) in [6, 6.07) is 13.3. The minimum Gasteiger partial charge on any atom is -0.495 e. The average molecular weight is 455 g/mol. The first kappa shape index (κ1) is 23.3. The van der Waals surface area contributed by atoms with Crippen LogP contribution in [0.25, 0.3) is 0 Å². The second kappa shape index (κ2) is 9.00. The minimum absolute atomic E-state index is 0.0506. The molecular weight excluding hydrogens is 428 g/mol. The Morgan fingerprint density at radius 3 is 2.31 bits per heavy atom. The van der Waals surface area contributed by atoms with E-state index in [0.29, 0.717) is 22.7 Å². The van der Waals surface area contributed by atoms with Gasteiger partial charge in [-0.1, -0.05) is 18.2 Å². The third kappa shape index (κ3) is 4.45. The Morgan fingerprint density at radius 2 is 1.66 bits per heavy atom. The predicted molar refractivity (Wildman–Crippen MR) is 123 cm³/mol. The fourth-order valence-corrected chi connectivity index (χ4v) is 5.15. The number of aryl methyl sites for hydroxylation is 4. The van der Waals surface area contributed by atoms with Crippen molar-refractivity contribution in [2.24, 2.45) is 0 Å². The van der Waals surface area contributed by atoms with Crippen LogP contribution in [-0.2, 0) is 21.2 Å². The number of methoxy groups -OCH3 is 1. The molecule has 0 saturated heterocycles. The zero-order chi connectivity index (χ0) is 23.6. The van der Waals surface area contributed by atoms with Crippen LogP contribution in [0, 0.1) is 27.7 Å². The van der Waals surface area contributed by atoms with Crippen molar-refractivity contribution in [3.8, 4) is 5.75 Å². The lowest BCUT2D eigenvalue weighted by molar-refractivity contribution is -0.116. The molecule has 0 aliphatic rings. The van der Waals surface area contributed by atoms with Crippen LogP contribution in [0.4, 0.5) is 5.69 Å². The smallest absolute Gasteiger partial charge is 0.270 e. The molecule has 0 bridgehead atoms. The van der Waals surface area contributed by atoms with Crippen molar-refractivity contribution >= 4 is 21.4 Å². The van der Waals surface area contributed by atoms with E-state index < -0.39 is 21.3 Å². The first-order valence-electron chi connectivity index (χ1n) is 10.0. The number of benzene rings is 2. The molecule has 3 aromatic rings. The fourth-order valence-electron chi connectivity index (χ4n) is 3.51. The Labute approximate surface area is 187 Å². The van der Waals surface area contributed by atoms with Gasteiger partial charge in [0, 0.05) is 5.69 Å². The van der Waals surface area contributed by atoms with Crippen LogP contribution < -0.4 is 15.6 Å². The van der Waals surface area contributed by atoms with Gasteiger partial charge in [-0.2, -0.15) is 0 Å². The maximum Gasteiger partial charge on any atom is 0.270 e. The number of carbonyl (C=O) groups excluding carboxylic acids is 1. The van der Waals surface area contributed by atoms with Crippen molar-refractivity contribution in [1.82, 2.24) is 4.57 Å². The number of rotatable bonds is 6. The summed E-state index contributed by atoms with van der Waals surface area (Å²) < 4.78 is 33.1. The van der Waals surface area contributed by atoms with E-state index in [1.54, 1.807) is 56.3 Å². The van der Waals surface area contributed by atoms with E-state index in [4.69, 9.17) is 4.74 Å². The van der Waals surface area contributed by atoms with E-state index in [-0.39, 0.29) is 16.3 Å². The lowest BCUT2D eigenvalue weighted by atomic mass is 10.1. The maximum atomic E-state index is 13.3. The lowest BCUT2D eigenvalue weighted by Gasteiger charge is -2.16. The highest BCUT2D eigenvalue weighted by Gasteiger charge is 2.26. The van der Waals surface area contributed by atoms with Gasteiger partial charge in [-0.15, -0.1) is 0 Å². The predicted octanol–water partition coefficient (Wildman–Crippen LogP) is 3.56. The van der Waals surface area contributed by atoms with Crippen LogP contribution in [0.1, 0.15) is 22.4 Å². The highest BCUT2D eigenvalue weighted by molar-refractivity contribution is 7.91. The average Bonchev–Trinajstić information content (AvgIpc) is 2.73. The number of pyridine rings is 1. The normalized spacial score (nSPS) is 11.3. The minimum atomic E-state index is -4.07. The second-order valence-corrected chi connectivity index (χ2v) is 9.57. The van der Waals surface area contributed by atoms with Gasteiger partial charge >= 0.3 is 0 Å². The van der Waals surface area contributed by atoms with Crippen molar-refractivity contribution < 1.29 is 17.9 Å². The molecule has 1 N–H and O–H groups in total. The molecule has 1 aromatic heterocycles. The van der Waals surface area contributed by atoms with Crippen LogP contribution in [0.5, 0.6) is 5.75 Å². The summed E-state index contributed by atoms with van der Waals surface area (Å²) >= 11 is 0. The molecule has 1 amide bonds. The van der Waals surface area contributed by atoms with Gasteiger partial charge in [0.2, 0.25) is 15.7 Å². The number of para-hydroxylation sites is 2. The van der Waals surface area contributed by atoms with Gasteiger partial charge in [0.1, 0.15) is 17.2 Å². The first-order chi connectivity index (χ1) is 15.1. The molecule has 0 aliphatic carbocycles. The highest BCUT2D eigenvalue weighted by atomic mass is 32.2. The number of sulfone groups is 1. The monoisotopic (exact) mass is 454 g/mol. The van der Waals surface area contributed by atoms with Crippen molar-refractivity contribution in [3.63, 3.8) is 0 Å². The molecule has 1 heterocycles. The van der Waals surface area contributed by atoms with E-state index in [2.05, 4.69) is 5.32 Å². The molecule has 0 atom stereocenters. The van der Waals surface area contributed by atoms with E-state index in [9.17, 15) is 18.0 Å². The third-order valence-corrected chi connectivity index (χ3v) is 7.30. The summed E-state index contributed by atoms with van der Waals surface area (Å²) in [5.41, 5.74) is 2.33. The van der Waals surface area contributed by atoms with Gasteiger partial charge in [-0.05, 0) is 74.7 Å². The summed E-state index contributed by atoms with van der Waals surface area (Å²) in [4.78, 5) is 25.7. The molecule has 3 rings (SSSR count). The van der Waals surface area contributed by atoms with Crippen molar-refractivity contribution in [3.05, 3.63) is 81.3 Å². The lowest BCUT2D eigenvalue weighted by Crippen LogP contribution is -2.33. The summed E-state index contributed by atoms with van der Waals surface area (Å²) in [5, 5.41) is 2.71. The molecule has 0 fully saturated rings. The Kier molecular flexibility index (Phi) is 6.55. The number of carbonyl (C=O) groups is 1. The Balaban J connectivity index is 2.02. The number of hydrogen-bond donors (Lipinski definition) is 1. The number of amides is 1. The van der Waals surface area contributed by atoms with Crippen LogP contribution in [0.2, 0.25) is 0 Å². The van der Waals surface area contributed by atoms with Crippen molar-refractivity contribution in [2.75, 3.05) is 12.4 Å². The molecule has 7 nitrogen and oxygen atoms in total. The summed E-state index contributed by atoms with van der Waals surface area (Å²) in [5.74, 6) is 0.00455. The van der Waals surface area contributed by atoms with Gasteiger partial charge in [0.25, 0.3) is 5.56 Å². The number of nitrogens with one attached hydrogen (secondary N) is 1. The van der Waals surface area contributed by atoms with Gasteiger partial charge in [0.15, 0.2) is 0 Å². The van der Waals surface area contributed by atoms with E-state index in [1.807, 2.05) is 13.8 Å². The van der Waals surface area contributed by atoms with Crippen LogP contribution >= 0.6 is 0 Å². The number of aromatic nitrogens is 1. The summed E-state index contributed by atoms with van der Waals surface area (Å²) in [7, 11) is -2.58. The fraction of sp³-hybridized carbons (Fsp3) is 0.250. The topological polar surface area (TPSA) is 94.5 Å². The molecule has 0 spiro atoms. The Hall–Kier alpha value is -3.39. The molecule has 0 radical (unpaired) electrons. The van der Waals surface area contributed by atoms with Crippen LogP contribution in [-0.4, -0.2) is 26.0 Å². The molecule has 8 heteroatoms. The molecule has 168 valence electrons. The zero-order valence-electron chi connectivity index (χ0n) is 18.7. The molecular formula is C24H26N2O5S. The number of ether oxygens (including phenoxy) is 1. The van der Waals surface area contributed by atoms with Crippen LogP contribution in [0.15, 0.2) is 63.1 Å². The van der Waals surface area contributed by atoms with Crippen molar-refractivity contribution in [2.45, 2.75) is 44.0 Å². The molecule has 2 aromatic carbocycles. The molecule has 32 heavy (non-hydrogen) atoms. The largest absolute Gasteiger partial charge is 0.495 e. The van der Waals surface area contributed by atoms with E-state index >= 15 is 0 Å². The molecule has 0 unspecified atom stereocenters. The molecule has 0 aliphatic heterocycles. The van der Waals surface area contributed by atoms with Crippen molar-refractivity contribution in [1.29, 1.82) is 0 Å². The van der Waals surface area contributed by atoms with Gasteiger partial charge < -0.3 is 14.6 Å². The number of nitrogens with zero attached hydrogens (tertiary/aromatic N) is 1.